The summed E-state index contributed by atoms with van der Waals surface area (Å²) >= 11 is 3.42. The molecule has 6 heteroatoms. The van der Waals surface area contributed by atoms with E-state index in [1.165, 1.54) is 5.56 Å². The van der Waals surface area contributed by atoms with Gasteiger partial charge >= 0.3 is 0 Å². The maximum atomic E-state index is 4.50. The third-order valence-corrected chi connectivity index (χ3v) is 3.11. The molecule has 0 amide bonds. The van der Waals surface area contributed by atoms with Crippen molar-refractivity contribution in [1.29, 1.82) is 0 Å². The zero-order valence-electron chi connectivity index (χ0n) is 11.4. The summed E-state index contributed by atoms with van der Waals surface area (Å²) < 4.78 is 2.63. The minimum atomic E-state index is 0.316. The van der Waals surface area contributed by atoms with Crippen LogP contribution in [0.5, 0.6) is 0 Å². The summed E-state index contributed by atoms with van der Waals surface area (Å²) in [5.74, 6) is 2.02. The third kappa shape index (κ3) is 4.02. The molecule has 0 radical (unpaired) electrons. The maximum absolute atomic E-state index is 4.50. The SMILES string of the molecule is CC(C)c1nc(Br)cc(NCCc2cnn(C)c2)n1. The van der Waals surface area contributed by atoms with Crippen molar-refractivity contribution in [3.63, 3.8) is 0 Å². The number of aromatic nitrogens is 4. The molecule has 2 rings (SSSR count). The van der Waals surface area contributed by atoms with Crippen LogP contribution in [0, 0.1) is 0 Å². The van der Waals surface area contributed by atoms with Crippen molar-refractivity contribution < 1.29 is 0 Å². The second-order valence-electron chi connectivity index (χ2n) is 4.79. The molecule has 2 aromatic heterocycles. The predicted molar refractivity (Wildman–Crippen MR) is 79.2 cm³/mol. The van der Waals surface area contributed by atoms with Gasteiger partial charge in [0.1, 0.15) is 16.2 Å². The topological polar surface area (TPSA) is 55.6 Å². The molecule has 0 spiro atoms. The van der Waals surface area contributed by atoms with Gasteiger partial charge in [0, 0.05) is 31.8 Å². The van der Waals surface area contributed by atoms with Crippen LogP contribution in [0.3, 0.4) is 0 Å². The number of halogens is 1. The molecule has 102 valence electrons. The number of nitrogens with one attached hydrogen (secondary N) is 1. The first-order valence-electron chi connectivity index (χ1n) is 6.30. The van der Waals surface area contributed by atoms with E-state index in [0.717, 1.165) is 29.2 Å². The molecule has 0 atom stereocenters. The van der Waals surface area contributed by atoms with Crippen LogP contribution >= 0.6 is 15.9 Å². The summed E-state index contributed by atoms with van der Waals surface area (Å²) in [4.78, 5) is 8.85. The predicted octanol–water partition coefficient (Wildman–Crippen LogP) is 2.75. The highest BCUT2D eigenvalue weighted by Crippen LogP contribution is 2.17. The van der Waals surface area contributed by atoms with E-state index in [2.05, 4.69) is 50.2 Å². The molecule has 0 saturated carbocycles. The van der Waals surface area contributed by atoms with Crippen LogP contribution in [0.1, 0.15) is 31.2 Å². The Balaban J connectivity index is 1.95. The Morgan fingerprint density at radius 1 is 1.37 bits per heavy atom. The lowest BCUT2D eigenvalue weighted by atomic mass is 10.2. The van der Waals surface area contributed by atoms with Gasteiger partial charge in [0.05, 0.1) is 6.20 Å². The number of anilines is 1. The van der Waals surface area contributed by atoms with Crippen LogP contribution in [0.4, 0.5) is 5.82 Å². The van der Waals surface area contributed by atoms with Gasteiger partial charge in [-0.25, -0.2) is 9.97 Å². The van der Waals surface area contributed by atoms with E-state index in [0.29, 0.717) is 5.92 Å². The number of nitrogens with zero attached hydrogens (tertiary/aromatic N) is 4. The molecule has 2 heterocycles. The Morgan fingerprint density at radius 2 is 2.16 bits per heavy atom. The molecule has 0 fully saturated rings. The van der Waals surface area contributed by atoms with Crippen molar-refractivity contribution in [2.45, 2.75) is 26.2 Å². The highest BCUT2D eigenvalue weighted by atomic mass is 79.9. The van der Waals surface area contributed by atoms with Crippen LogP contribution in [0.15, 0.2) is 23.1 Å². The summed E-state index contributed by atoms with van der Waals surface area (Å²) in [5, 5.41) is 7.47. The van der Waals surface area contributed by atoms with Crippen molar-refractivity contribution in [3.8, 4) is 0 Å². The minimum absolute atomic E-state index is 0.316. The number of hydrogen-bond donors (Lipinski definition) is 1. The molecule has 0 aliphatic heterocycles. The Bertz CT molecular complexity index is 550. The molecule has 5 nitrogen and oxygen atoms in total. The van der Waals surface area contributed by atoms with Crippen LogP contribution in [-0.4, -0.2) is 26.3 Å². The van der Waals surface area contributed by atoms with Crippen LogP contribution in [0.25, 0.3) is 0 Å². The molecule has 0 aromatic carbocycles. The summed E-state index contributed by atoms with van der Waals surface area (Å²) in [7, 11) is 1.92. The van der Waals surface area contributed by atoms with Gasteiger partial charge in [-0.1, -0.05) is 13.8 Å². The number of hydrogen-bond acceptors (Lipinski definition) is 4. The van der Waals surface area contributed by atoms with E-state index < -0.39 is 0 Å². The van der Waals surface area contributed by atoms with Gasteiger partial charge in [0.15, 0.2) is 0 Å². The second-order valence-corrected chi connectivity index (χ2v) is 5.60. The number of rotatable bonds is 5. The first-order valence-corrected chi connectivity index (χ1v) is 7.10. The zero-order chi connectivity index (χ0) is 13.8. The van der Waals surface area contributed by atoms with E-state index in [1.807, 2.05) is 30.2 Å². The largest absolute Gasteiger partial charge is 0.370 e. The van der Waals surface area contributed by atoms with Crippen molar-refractivity contribution in [1.82, 2.24) is 19.7 Å². The van der Waals surface area contributed by atoms with E-state index in [1.54, 1.807) is 0 Å². The first kappa shape index (κ1) is 14.0. The molecule has 0 unspecified atom stereocenters. The van der Waals surface area contributed by atoms with Crippen molar-refractivity contribution >= 4 is 21.7 Å². The zero-order valence-corrected chi connectivity index (χ0v) is 13.0. The van der Waals surface area contributed by atoms with Gasteiger partial charge < -0.3 is 5.32 Å². The average molecular weight is 324 g/mol. The monoisotopic (exact) mass is 323 g/mol. The molecule has 1 N–H and O–H groups in total. The summed E-state index contributed by atoms with van der Waals surface area (Å²) in [6.07, 6.45) is 4.83. The highest BCUT2D eigenvalue weighted by molar-refractivity contribution is 9.10. The number of aryl methyl sites for hydroxylation is 1. The van der Waals surface area contributed by atoms with Gasteiger partial charge in [-0.3, -0.25) is 4.68 Å². The lowest BCUT2D eigenvalue weighted by Crippen LogP contribution is -2.08. The van der Waals surface area contributed by atoms with Crippen LogP contribution in [0.2, 0.25) is 0 Å². The van der Waals surface area contributed by atoms with Gasteiger partial charge in [-0.05, 0) is 27.9 Å². The average Bonchev–Trinajstić information content (AvgIpc) is 2.74. The van der Waals surface area contributed by atoms with Crippen molar-refractivity contribution in [2.75, 3.05) is 11.9 Å². The Labute approximate surface area is 121 Å². The molecule has 2 aromatic rings. The molecule has 19 heavy (non-hydrogen) atoms. The van der Waals surface area contributed by atoms with Crippen LogP contribution < -0.4 is 5.32 Å². The molecule has 0 saturated heterocycles. The molecular weight excluding hydrogens is 306 g/mol. The van der Waals surface area contributed by atoms with Gasteiger partial charge in [-0.2, -0.15) is 5.10 Å². The van der Waals surface area contributed by atoms with Gasteiger partial charge in [-0.15, -0.1) is 0 Å². The molecular formula is C13H18BrN5. The first-order chi connectivity index (χ1) is 9.04. The quantitative estimate of drug-likeness (QED) is 0.859. The van der Waals surface area contributed by atoms with E-state index in [9.17, 15) is 0 Å². The Hall–Kier alpha value is -1.43. The smallest absolute Gasteiger partial charge is 0.134 e. The van der Waals surface area contributed by atoms with Crippen molar-refractivity contribution in [3.05, 3.63) is 34.5 Å². The molecule has 0 bridgehead atoms. The maximum Gasteiger partial charge on any atom is 0.134 e. The molecule has 0 aliphatic carbocycles. The summed E-state index contributed by atoms with van der Waals surface area (Å²) in [5.41, 5.74) is 1.22. The minimum Gasteiger partial charge on any atom is -0.370 e. The Kier molecular flexibility index (Phi) is 4.52. The van der Waals surface area contributed by atoms with E-state index in [-0.39, 0.29) is 0 Å². The van der Waals surface area contributed by atoms with Gasteiger partial charge in [0.2, 0.25) is 0 Å². The highest BCUT2D eigenvalue weighted by Gasteiger charge is 2.06. The third-order valence-electron chi connectivity index (χ3n) is 2.71. The van der Waals surface area contributed by atoms with Crippen LogP contribution in [-0.2, 0) is 13.5 Å². The summed E-state index contributed by atoms with van der Waals surface area (Å²) in [6, 6.07) is 1.90. The van der Waals surface area contributed by atoms with Crippen molar-refractivity contribution in [2.24, 2.45) is 7.05 Å². The fourth-order valence-electron chi connectivity index (χ4n) is 1.72. The summed E-state index contributed by atoms with van der Waals surface area (Å²) in [6.45, 7) is 5.00. The van der Waals surface area contributed by atoms with E-state index >= 15 is 0 Å². The molecule has 0 aliphatic rings. The fourth-order valence-corrected chi connectivity index (χ4v) is 2.12. The lowest BCUT2D eigenvalue weighted by molar-refractivity contribution is 0.766. The standard InChI is InChI=1S/C13H18BrN5/c1-9(2)13-17-11(14)6-12(18-13)15-5-4-10-7-16-19(3)8-10/h6-9H,4-5H2,1-3H3,(H,15,17,18). The second kappa shape index (κ2) is 6.14. The normalized spacial score (nSPS) is 11.0. The Morgan fingerprint density at radius 3 is 2.79 bits per heavy atom. The fraction of sp³-hybridized carbons (Fsp3) is 0.462. The van der Waals surface area contributed by atoms with E-state index in [4.69, 9.17) is 0 Å². The lowest BCUT2D eigenvalue weighted by Gasteiger charge is -2.09. The van der Waals surface area contributed by atoms with Gasteiger partial charge in [0.25, 0.3) is 0 Å².